The third kappa shape index (κ3) is 4.05. The summed E-state index contributed by atoms with van der Waals surface area (Å²) in [7, 11) is -3.59. The van der Waals surface area contributed by atoms with Crippen molar-refractivity contribution in [3.63, 3.8) is 0 Å². The second-order valence-electron chi connectivity index (χ2n) is 4.70. The van der Waals surface area contributed by atoms with Gasteiger partial charge in [0, 0.05) is 16.7 Å². The fraction of sp³-hybridized carbons (Fsp3) is 0.308. The number of nitrogens with one attached hydrogen (secondary N) is 2. The fourth-order valence-electron chi connectivity index (χ4n) is 1.93. The first-order chi connectivity index (χ1) is 9.90. The van der Waals surface area contributed by atoms with Crippen molar-refractivity contribution in [2.45, 2.75) is 24.7 Å². The Hall–Kier alpha value is -1.38. The SMILES string of the molecule is Cc1[nH]ncc1CCCNS(=O)(=O)c1cc(Br)ccc1N. The second-order valence-corrected chi connectivity index (χ2v) is 7.35. The van der Waals surface area contributed by atoms with E-state index in [0.29, 0.717) is 17.4 Å². The first-order valence-corrected chi connectivity index (χ1v) is 8.71. The predicted octanol–water partition coefficient (Wildman–Crippen LogP) is 1.97. The first-order valence-electron chi connectivity index (χ1n) is 6.43. The number of nitrogens with zero attached hydrogens (tertiary/aromatic N) is 1. The number of hydrogen-bond acceptors (Lipinski definition) is 4. The van der Waals surface area contributed by atoms with Gasteiger partial charge in [0.2, 0.25) is 10.0 Å². The number of aryl methyl sites for hydroxylation is 2. The van der Waals surface area contributed by atoms with Crippen molar-refractivity contribution in [3.05, 3.63) is 40.1 Å². The third-order valence-corrected chi connectivity index (χ3v) is 5.12. The average molecular weight is 373 g/mol. The minimum absolute atomic E-state index is 0.0939. The molecule has 0 aliphatic carbocycles. The molecule has 0 unspecified atom stereocenters. The summed E-state index contributed by atoms with van der Waals surface area (Å²) in [5.74, 6) is 0. The number of H-pyrrole nitrogens is 1. The van der Waals surface area contributed by atoms with Gasteiger partial charge in [-0.3, -0.25) is 5.10 Å². The smallest absolute Gasteiger partial charge is 0.242 e. The van der Waals surface area contributed by atoms with Crippen molar-refractivity contribution in [3.8, 4) is 0 Å². The van der Waals surface area contributed by atoms with E-state index in [-0.39, 0.29) is 10.6 Å². The Labute approximate surface area is 132 Å². The van der Waals surface area contributed by atoms with E-state index in [2.05, 4.69) is 30.8 Å². The fourth-order valence-corrected chi connectivity index (χ4v) is 3.67. The molecule has 0 fully saturated rings. The van der Waals surface area contributed by atoms with Gasteiger partial charge in [0.15, 0.2) is 0 Å². The van der Waals surface area contributed by atoms with E-state index in [0.717, 1.165) is 17.7 Å². The van der Waals surface area contributed by atoms with Crippen LogP contribution < -0.4 is 10.5 Å². The second kappa shape index (κ2) is 6.59. The number of sulfonamides is 1. The molecule has 4 N–H and O–H groups in total. The quantitative estimate of drug-likeness (QED) is 0.532. The molecule has 21 heavy (non-hydrogen) atoms. The summed E-state index contributed by atoms with van der Waals surface area (Å²) in [4.78, 5) is 0.0939. The number of aromatic nitrogens is 2. The van der Waals surface area contributed by atoms with Crippen molar-refractivity contribution in [1.82, 2.24) is 14.9 Å². The molecule has 2 aromatic rings. The number of halogens is 1. The van der Waals surface area contributed by atoms with Gasteiger partial charge >= 0.3 is 0 Å². The molecule has 114 valence electrons. The van der Waals surface area contributed by atoms with Crippen LogP contribution in [0.2, 0.25) is 0 Å². The van der Waals surface area contributed by atoms with Crippen LogP contribution in [0.3, 0.4) is 0 Å². The standard InChI is InChI=1S/C13H17BrN4O2S/c1-9-10(8-16-18-9)3-2-6-17-21(19,20)13-7-11(14)4-5-12(13)15/h4-5,7-8,17H,2-3,6,15H2,1H3,(H,16,18). The molecular formula is C13H17BrN4O2S. The van der Waals surface area contributed by atoms with E-state index < -0.39 is 10.0 Å². The van der Waals surface area contributed by atoms with Crippen molar-refractivity contribution >= 4 is 31.6 Å². The maximum absolute atomic E-state index is 12.2. The highest BCUT2D eigenvalue weighted by Gasteiger charge is 2.17. The van der Waals surface area contributed by atoms with Gasteiger partial charge in [-0.25, -0.2) is 13.1 Å². The lowest BCUT2D eigenvalue weighted by atomic mass is 10.1. The first kappa shape index (κ1) is 16.0. The van der Waals surface area contributed by atoms with Gasteiger partial charge in [-0.05, 0) is 43.5 Å². The summed E-state index contributed by atoms with van der Waals surface area (Å²) in [5.41, 5.74) is 8.06. The van der Waals surface area contributed by atoms with E-state index >= 15 is 0 Å². The highest BCUT2D eigenvalue weighted by atomic mass is 79.9. The van der Waals surface area contributed by atoms with Crippen LogP contribution in [-0.2, 0) is 16.4 Å². The van der Waals surface area contributed by atoms with Crippen LogP contribution in [0.1, 0.15) is 17.7 Å². The molecule has 1 heterocycles. The maximum atomic E-state index is 12.2. The highest BCUT2D eigenvalue weighted by Crippen LogP contribution is 2.22. The Balaban J connectivity index is 1.95. The number of anilines is 1. The summed E-state index contributed by atoms with van der Waals surface area (Å²) in [6, 6.07) is 4.77. The van der Waals surface area contributed by atoms with Gasteiger partial charge in [0.25, 0.3) is 0 Å². The number of aromatic amines is 1. The van der Waals surface area contributed by atoms with E-state index in [1.165, 1.54) is 6.07 Å². The van der Waals surface area contributed by atoms with Crippen LogP contribution in [0.25, 0.3) is 0 Å². The highest BCUT2D eigenvalue weighted by molar-refractivity contribution is 9.10. The minimum atomic E-state index is -3.59. The molecule has 0 atom stereocenters. The summed E-state index contributed by atoms with van der Waals surface area (Å²) >= 11 is 3.25. The van der Waals surface area contributed by atoms with Crippen molar-refractivity contribution in [2.24, 2.45) is 0 Å². The number of nitrogen functional groups attached to an aromatic ring is 1. The Kier molecular flexibility index (Phi) is 5.02. The van der Waals surface area contributed by atoms with Crippen molar-refractivity contribution in [1.29, 1.82) is 0 Å². The molecular weight excluding hydrogens is 356 g/mol. The molecule has 2 rings (SSSR count). The summed E-state index contributed by atoms with van der Waals surface area (Å²) < 4.78 is 27.6. The number of nitrogens with two attached hydrogens (primary N) is 1. The lowest BCUT2D eigenvalue weighted by Crippen LogP contribution is -2.26. The number of rotatable bonds is 6. The Morgan fingerprint density at radius 3 is 2.86 bits per heavy atom. The summed E-state index contributed by atoms with van der Waals surface area (Å²) in [6.45, 7) is 2.29. The van der Waals surface area contributed by atoms with Gasteiger partial charge in [-0.15, -0.1) is 0 Å². The van der Waals surface area contributed by atoms with Gasteiger partial charge in [-0.2, -0.15) is 5.10 Å². The predicted molar refractivity (Wildman–Crippen MR) is 85.4 cm³/mol. The molecule has 8 heteroatoms. The molecule has 0 amide bonds. The largest absolute Gasteiger partial charge is 0.398 e. The zero-order valence-electron chi connectivity index (χ0n) is 11.6. The molecule has 0 spiro atoms. The normalized spacial score (nSPS) is 11.7. The zero-order chi connectivity index (χ0) is 15.5. The molecule has 6 nitrogen and oxygen atoms in total. The van der Waals surface area contributed by atoms with Crippen molar-refractivity contribution < 1.29 is 8.42 Å². The molecule has 0 saturated carbocycles. The van der Waals surface area contributed by atoms with Crippen LogP contribution in [0.4, 0.5) is 5.69 Å². The average Bonchev–Trinajstić information content (AvgIpc) is 2.83. The van der Waals surface area contributed by atoms with Crippen LogP contribution in [-0.4, -0.2) is 25.2 Å². The molecule has 0 bridgehead atoms. The summed E-state index contributed by atoms with van der Waals surface area (Å²) in [6.07, 6.45) is 3.21. The van der Waals surface area contributed by atoms with Crippen LogP contribution in [0, 0.1) is 6.92 Å². The number of hydrogen-bond donors (Lipinski definition) is 3. The third-order valence-electron chi connectivity index (χ3n) is 3.11. The van der Waals surface area contributed by atoms with Gasteiger partial charge in [-0.1, -0.05) is 15.9 Å². The van der Waals surface area contributed by atoms with Crippen LogP contribution >= 0.6 is 15.9 Å². The minimum Gasteiger partial charge on any atom is -0.398 e. The monoisotopic (exact) mass is 372 g/mol. The van der Waals surface area contributed by atoms with Crippen LogP contribution in [0.15, 0.2) is 33.8 Å². The van der Waals surface area contributed by atoms with Gasteiger partial charge in [0.05, 0.1) is 11.9 Å². The molecule has 0 aliphatic heterocycles. The zero-order valence-corrected chi connectivity index (χ0v) is 14.0. The van der Waals surface area contributed by atoms with E-state index in [9.17, 15) is 8.42 Å². The lowest BCUT2D eigenvalue weighted by molar-refractivity contribution is 0.579. The summed E-state index contributed by atoms with van der Waals surface area (Å²) in [5, 5.41) is 6.79. The molecule has 0 radical (unpaired) electrons. The Morgan fingerprint density at radius 1 is 1.43 bits per heavy atom. The molecule has 1 aromatic heterocycles. The van der Waals surface area contributed by atoms with Gasteiger partial charge < -0.3 is 5.73 Å². The van der Waals surface area contributed by atoms with E-state index in [4.69, 9.17) is 5.73 Å². The Bertz CT molecular complexity index is 728. The van der Waals surface area contributed by atoms with Crippen LogP contribution in [0.5, 0.6) is 0 Å². The topological polar surface area (TPSA) is 101 Å². The number of benzene rings is 1. The Morgan fingerprint density at radius 2 is 2.19 bits per heavy atom. The van der Waals surface area contributed by atoms with Gasteiger partial charge in [0.1, 0.15) is 4.90 Å². The maximum Gasteiger partial charge on any atom is 0.242 e. The van der Waals surface area contributed by atoms with E-state index in [1.54, 1.807) is 18.3 Å². The molecule has 1 aromatic carbocycles. The molecule has 0 aliphatic rings. The van der Waals surface area contributed by atoms with Crippen molar-refractivity contribution in [2.75, 3.05) is 12.3 Å². The molecule has 0 saturated heterocycles. The van der Waals surface area contributed by atoms with E-state index in [1.807, 2.05) is 6.92 Å². The lowest BCUT2D eigenvalue weighted by Gasteiger charge is -2.09.